The van der Waals surface area contributed by atoms with Crippen LogP contribution in [0.15, 0.2) is 48.5 Å². The van der Waals surface area contributed by atoms with E-state index in [2.05, 4.69) is 50.4 Å². The van der Waals surface area contributed by atoms with Crippen LogP contribution in [0.4, 0.5) is 0 Å². The molecule has 0 aliphatic carbocycles. The number of rotatable bonds is 9. The Morgan fingerprint density at radius 3 is 2.50 bits per heavy atom. The summed E-state index contributed by atoms with van der Waals surface area (Å²) in [7, 11) is 0. The summed E-state index contributed by atoms with van der Waals surface area (Å²) in [6, 6.07) is 14.1. The van der Waals surface area contributed by atoms with Gasteiger partial charge in [-0.2, -0.15) is 0 Å². The van der Waals surface area contributed by atoms with E-state index >= 15 is 0 Å². The van der Waals surface area contributed by atoms with Gasteiger partial charge in [-0.25, -0.2) is 0 Å². The van der Waals surface area contributed by atoms with E-state index in [1.165, 1.54) is 5.56 Å². The molecule has 5 heteroatoms. The summed E-state index contributed by atoms with van der Waals surface area (Å²) in [6.07, 6.45) is 3.94. The van der Waals surface area contributed by atoms with E-state index in [-0.39, 0.29) is 11.8 Å². The van der Waals surface area contributed by atoms with E-state index in [0.717, 1.165) is 16.9 Å². The molecule has 28 heavy (non-hydrogen) atoms. The molecule has 0 unspecified atom stereocenters. The molecule has 0 amide bonds. The Morgan fingerprint density at radius 2 is 1.89 bits per heavy atom. The quantitative estimate of drug-likeness (QED) is 0.560. The highest BCUT2D eigenvalue weighted by Gasteiger charge is 2.12. The Morgan fingerprint density at radius 1 is 1.18 bits per heavy atom. The van der Waals surface area contributed by atoms with Crippen molar-refractivity contribution in [3.05, 3.63) is 70.3 Å². The van der Waals surface area contributed by atoms with Crippen molar-refractivity contribution < 1.29 is 14.6 Å². The third-order valence-corrected chi connectivity index (χ3v) is 4.60. The molecule has 2 N–H and O–H groups in total. The topological polar surface area (TPSA) is 58.6 Å². The van der Waals surface area contributed by atoms with Crippen molar-refractivity contribution in [3.63, 3.8) is 0 Å². The van der Waals surface area contributed by atoms with Crippen LogP contribution in [0.5, 0.6) is 5.75 Å². The van der Waals surface area contributed by atoms with Crippen molar-refractivity contribution in [2.75, 3.05) is 13.1 Å². The van der Waals surface area contributed by atoms with Gasteiger partial charge in [-0.15, -0.1) is 0 Å². The van der Waals surface area contributed by atoms with Crippen molar-refractivity contribution >= 4 is 23.6 Å². The maximum absolute atomic E-state index is 10.4. The minimum absolute atomic E-state index is 0.111. The Bertz CT molecular complexity index is 808. The van der Waals surface area contributed by atoms with E-state index in [4.69, 9.17) is 21.4 Å². The average molecular weight is 402 g/mol. The van der Waals surface area contributed by atoms with E-state index < -0.39 is 5.97 Å². The lowest BCUT2D eigenvalue weighted by Gasteiger charge is -2.19. The van der Waals surface area contributed by atoms with Crippen LogP contribution in [0.25, 0.3) is 6.08 Å². The zero-order valence-electron chi connectivity index (χ0n) is 16.7. The molecular weight excluding hydrogens is 374 g/mol. The van der Waals surface area contributed by atoms with Crippen molar-refractivity contribution in [3.8, 4) is 5.75 Å². The van der Waals surface area contributed by atoms with E-state index in [1.807, 2.05) is 30.4 Å². The van der Waals surface area contributed by atoms with E-state index in [1.54, 1.807) is 0 Å². The van der Waals surface area contributed by atoms with Crippen molar-refractivity contribution in [2.45, 2.75) is 39.2 Å². The van der Waals surface area contributed by atoms with Gasteiger partial charge in [0, 0.05) is 13.1 Å². The minimum atomic E-state index is -0.805. The normalized spacial score (nSPS) is 11.7. The third kappa shape index (κ3) is 7.37. The van der Waals surface area contributed by atoms with Gasteiger partial charge < -0.3 is 15.2 Å². The predicted octanol–water partition coefficient (Wildman–Crippen LogP) is 5.29. The van der Waals surface area contributed by atoms with Gasteiger partial charge in [-0.05, 0) is 40.3 Å². The molecule has 0 bridgehead atoms. The Balaban J connectivity index is 1.85. The first-order valence-corrected chi connectivity index (χ1v) is 9.74. The first-order chi connectivity index (χ1) is 13.3. The number of hydrogen-bond acceptors (Lipinski definition) is 3. The number of halogens is 1. The van der Waals surface area contributed by atoms with E-state index in [9.17, 15) is 4.79 Å². The molecule has 0 radical (unpaired) electrons. The first-order valence-electron chi connectivity index (χ1n) is 9.36. The molecule has 0 aliphatic rings. The van der Waals surface area contributed by atoms with Crippen LogP contribution in [-0.2, 0) is 16.8 Å². The Hall–Kier alpha value is -2.30. The number of benzene rings is 2. The number of nitrogens with one attached hydrogen (secondary N) is 1. The molecule has 0 aromatic heterocycles. The van der Waals surface area contributed by atoms with Crippen LogP contribution in [0.3, 0.4) is 0 Å². The summed E-state index contributed by atoms with van der Waals surface area (Å²) in [5.41, 5.74) is 3.44. The van der Waals surface area contributed by atoms with Gasteiger partial charge >= 0.3 is 5.97 Å². The molecule has 0 saturated heterocycles. The number of hydrogen-bond donors (Lipinski definition) is 2. The zero-order chi connectivity index (χ0) is 20.6. The second kappa shape index (κ2) is 10.3. The summed E-state index contributed by atoms with van der Waals surface area (Å²) in [6.45, 7) is 8.11. The lowest BCUT2D eigenvalue weighted by Crippen LogP contribution is -2.17. The summed E-state index contributed by atoms with van der Waals surface area (Å²) < 4.78 is 5.86. The fraction of sp³-hybridized carbons (Fsp3) is 0.348. The summed E-state index contributed by atoms with van der Waals surface area (Å²) in [4.78, 5) is 10.4. The zero-order valence-corrected chi connectivity index (χ0v) is 17.4. The highest BCUT2D eigenvalue weighted by atomic mass is 35.5. The maximum atomic E-state index is 10.4. The van der Waals surface area contributed by atoms with Crippen molar-refractivity contribution in [1.29, 1.82) is 0 Å². The average Bonchev–Trinajstić information content (AvgIpc) is 2.63. The highest BCUT2D eigenvalue weighted by Crippen LogP contribution is 2.25. The maximum Gasteiger partial charge on any atom is 0.304 e. The van der Waals surface area contributed by atoms with Crippen LogP contribution in [-0.4, -0.2) is 24.2 Å². The summed E-state index contributed by atoms with van der Waals surface area (Å²) >= 11 is 6.33. The molecule has 0 aliphatic heterocycles. The fourth-order valence-corrected chi connectivity index (χ4v) is 2.80. The summed E-state index contributed by atoms with van der Waals surface area (Å²) in [5, 5.41) is 12.2. The molecular formula is C23H28ClNO3. The van der Waals surface area contributed by atoms with Crippen molar-refractivity contribution in [2.24, 2.45) is 0 Å². The van der Waals surface area contributed by atoms with Crippen LogP contribution in [0.1, 0.15) is 43.9 Å². The molecule has 2 aromatic carbocycles. The summed E-state index contributed by atoms with van der Waals surface area (Å²) in [5.74, 6) is -0.0816. The predicted molar refractivity (Wildman–Crippen MR) is 115 cm³/mol. The lowest BCUT2D eigenvalue weighted by atomic mass is 9.87. The monoisotopic (exact) mass is 401 g/mol. The number of aliphatic carboxylic acids is 1. The smallest absolute Gasteiger partial charge is 0.304 e. The molecule has 0 saturated carbocycles. The second-order valence-electron chi connectivity index (χ2n) is 7.67. The number of carboxylic acids is 1. The molecule has 4 nitrogen and oxygen atoms in total. The standard InChI is InChI=1S/C23H28ClNO3/c1-23(2,3)19-9-6-17(7-10-19)16-28-20-11-8-18(21(24)15-20)5-4-13-25-14-12-22(26)27/h4-11,15,25H,12-14,16H2,1-3H3,(H,26,27)/b5-4+. The van der Waals surface area contributed by atoms with Crippen LogP contribution < -0.4 is 10.1 Å². The van der Waals surface area contributed by atoms with Gasteiger partial charge in [0.1, 0.15) is 12.4 Å². The second-order valence-corrected chi connectivity index (χ2v) is 8.08. The van der Waals surface area contributed by atoms with Crippen LogP contribution >= 0.6 is 11.6 Å². The minimum Gasteiger partial charge on any atom is -0.489 e. The fourth-order valence-electron chi connectivity index (χ4n) is 2.57. The molecule has 2 aromatic rings. The first kappa shape index (κ1) is 22.0. The van der Waals surface area contributed by atoms with Gasteiger partial charge in [0.25, 0.3) is 0 Å². The third-order valence-electron chi connectivity index (χ3n) is 4.27. The molecule has 0 fully saturated rings. The SMILES string of the molecule is CC(C)(C)c1ccc(COc2ccc(/C=C/CNCCC(=O)O)c(Cl)c2)cc1. The molecule has 0 atom stereocenters. The molecule has 0 spiro atoms. The van der Waals surface area contributed by atoms with Gasteiger partial charge in [0.05, 0.1) is 11.4 Å². The lowest BCUT2D eigenvalue weighted by molar-refractivity contribution is -0.136. The van der Waals surface area contributed by atoms with Crippen molar-refractivity contribution in [1.82, 2.24) is 5.32 Å². The molecule has 0 heterocycles. The van der Waals surface area contributed by atoms with Crippen LogP contribution in [0, 0.1) is 0 Å². The number of ether oxygens (including phenoxy) is 1. The van der Waals surface area contributed by atoms with E-state index in [0.29, 0.717) is 24.7 Å². The Kier molecular flexibility index (Phi) is 8.09. The van der Waals surface area contributed by atoms with Crippen LogP contribution in [0.2, 0.25) is 5.02 Å². The van der Waals surface area contributed by atoms with Gasteiger partial charge in [0.15, 0.2) is 0 Å². The Labute approximate surface area is 172 Å². The van der Waals surface area contributed by atoms with Gasteiger partial charge in [0.2, 0.25) is 0 Å². The van der Waals surface area contributed by atoms with Gasteiger partial charge in [-0.3, -0.25) is 4.79 Å². The number of carboxylic acid groups (broad SMARTS) is 1. The van der Waals surface area contributed by atoms with Gasteiger partial charge in [-0.1, -0.05) is 68.8 Å². The number of carbonyl (C=O) groups is 1. The highest BCUT2D eigenvalue weighted by molar-refractivity contribution is 6.32. The molecule has 2 rings (SSSR count). The largest absolute Gasteiger partial charge is 0.489 e. The molecule has 150 valence electrons.